The Bertz CT molecular complexity index is 281. The first-order valence-corrected chi connectivity index (χ1v) is 8.31. The van der Waals surface area contributed by atoms with E-state index in [1.807, 2.05) is 6.92 Å². The standard InChI is InChI=1S/C12H25NO2S/c1-2-12(13)8-5-9-16(14,15)10-11-6-3-4-7-11/h11-12H,2-10,13H2,1H3. The van der Waals surface area contributed by atoms with E-state index >= 15 is 0 Å². The normalized spacial score (nSPS) is 20.1. The maximum absolute atomic E-state index is 11.8. The van der Waals surface area contributed by atoms with Crippen molar-refractivity contribution in [2.24, 2.45) is 11.7 Å². The van der Waals surface area contributed by atoms with Crippen LogP contribution in [0.3, 0.4) is 0 Å². The Hall–Kier alpha value is -0.0900. The molecule has 0 radical (unpaired) electrons. The van der Waals surface area contributed by atoms with Crippen LogP contribution in [0.5, 0.6) is 0 Å². The average molecular weight is 247 g/mol. The number of hydrogen-bond donors (Lipinski definition) is 1. The summed E-state index contributed by atoms with van der Waals surface area (Å²) in [6.07, 6.45) is 7.12. The van der Waals surface area contributed by atoms with Gasteiger partial charge in [0.15, 0.2) is 9.84 Å². The van der Waals surface area contributed by atoms with Crippen LogP contribution < -0.4 is 5.73 Å². The van der Waals surface area contributed by atoms with Crippen LogP contribution in [0.25, 0.3) is 0 Å². The molecule has 1 fully saturated rings. The minimum Gasteiger partial charge on any atom is -0.328 e. The molecule has 1 unspecified atom stereocenters. The fourth-order valence-electron chi connectivity index (χ4n) is 2.39. The largest absolute Gasteiger partial charge is 0.328 e. The Balaban J connectivity index is 2.23. The van der Waals surface area contributed by atoms with Crippen molar-refractivity contribution < 1.29 is 8.42 Å². The zero-order valence-electron chi connectivity index (χ0n) is 10.3. The van der Waals surface area contributed by atoms with E-state index in [-0.39, 0.29) is 6.04 Å². The van der Waals surface area contributed by atoms with Crippen LogP contribution in [0.15, 0.2) is 0 Å². The van der Waals surface area contributed by atoms with E-state index in [0.717, 1.165) is 32.1 Å². The summed E-state index contributed by atoms with van der Waals surface area (Å²) in [5, 5.41) is 0. The number of hydrogen-bond acceptors (Lipinski definition) is 3. The second-order valence-corrected chi connectivity index (χ2v) is 7.30. The van der Waals surface area contributed by atoms with Crippen molar-refractivity contribution >= 4 is 9.84 Å². The van der Waals surface area contributed by atoms with Gasteiger partial charge in [0.1, 0.15) is 0 Å². The lowest BCUT2D eigenvalue weighted by Crippen LogP contribution is -2.22. The van der Waals surface area contributed by atoms with E-state index in [4.69, 9.17) is 5.73 Å². The highest BCUT2D eigenvalue weighted by Gasteiger charge is 2.22. The molecule has 1 atom stereocenters. The average Bonchev–Trinajstić information content (AvgIpc) is 2.69. The second-order valence-electron chi connectivity index (χ2n) is 5.08. The molecular weight excluding hydrogens is 222 g/mol. The van der Waals surface area contributed by atoms with E-state index in [9.17, 15) is 8.42 Å². The molecule has 96 valence electrons. The fraction of sp³-hybridized carbons (Fsp3) is 1.00. The first-order chi connectivity index (χ1) is 7.53. The van der Waals surface area contributed by atoms with Gasteiger partial charge in [0, 0.05) is 6.04 Å². The third-order valence-corrected chi connectivity index (χ3v) is 5.41. The summed E-state index contributed by atoms with van der Waals surface area (Å²) in [4.78, 5) is 0. The minimum absolute atomic E-state index is 0.168. The van der Waals surface area contributed by atoms with Crippen molar-refractivity contribution in [3.63, 3.8) is 0 Å². The van der Waals surface area contributed by atoms with Gasteiger partial charge in [-0.25, -0.2) is 8.42 Å². The van der Waals surface area contributed by atoms with Gasteiger partial charge < -0.3 is 5.73 Å². The van der Waals surface area contributed by atoms with Crippen LogP contribution in [0, 0.1) is 5.92 Å². The Kier molecular flexibility index (Phi) is 5.76. The third kappa shape index (κ3) is 5.30. The molecule has 1 aliphatic rings. The summed E-state index contributed by atoms with van der Waals surface area (Å²) in [6.45, 7) is 2.04. The van der Waals surface area contributed by atoms with E-state index in [1.165, 1.54) is 12.8 Å². The van der Waals surface area contributed by atoms with Gasteiger partial charge in [0.2, 0.25) is 0 Å². The highest BCUT2D eigenvalue weighted by molar-refractivity contribution is 7.91. The molecule has 0 heterocycles. The van der Waals surface area contributed by atoms with Gasteiger partial charge in [-0.15, -0.1) is 0 Å². The van der Waals surface area contributed by atoms with E-state index in [1.54, 1.807) is 0 Å². The predicted octanol–water partition coefficient (Wildman–Crippen LogP) is 2.11. The SMILES string of the molecule is CCC(N)CCCS(=O)(=O)CC1CCCC1. The summed E-state index contributed by atoms with van der Waals surface area (Å²) in [5.41, 5.74) is 5.77. The highest BCUT2D eigenvalue weighted by Crippen LogP contribution is 2.26. The molecule has 0 amide bonds. The zero-order chi connectivity index (χ0) is 12.0. The van der Waals surface area contributed by atoms with Gasteiger partial charge >= 0.3 is 0 Å². The minimum atomic E-state index is -2.82. The molecule has 1 aliphatic carbocycles. The number of sulfone groups is 1. The van der Waals surface area contributed by atoms with Gasteiger partial charge in [0.25, 0.3) is 0 Å². The van der Waals surface area contributed by atoms with Gasteiger partial charge in [-0.05, 0) is 38.0 Å². The summed E-state index contributed by atoms with van der Waals surface area (Å²) in [6, 6.07) is 0.168. The first kappa shape index (κ1) is 14.0. The molecular formula is C12H25NO2S. The third-order valence-electron chi connectivity index (χ3n) is 3.52. The molecule has 0 bridgehead atoms. The van der Waals surface area contributed by atoms with Crippen LogP contribution in [-0.4, -0.2) is 26.0 Å². The maximum Gasteiger partial charge on any atom is 0.150 e. The molecule has 0 aromatic rings. The maximum atomic E-state index is 11.8. The summed E-state index contributed by atoms with van der Waals surface area (Å²) < 4.78 is 23.6. The molecule has 3 nitrogen and oxygen atoms in total. The van der Waals surface area contributed by atoms with Crippen molar-refractivity contribution in [1.82, 2.24) is 0 Å². The quantitative estimate of drug-likeness (QED) is 0.749. The topological polar surface area (TPSA) is 60.2 Å². The summed E-state index contributed by atoms with van der Waals surface area (Å²) in [5.74, 6) is 1.18. The molecule has 1 rings (SSSR count). The van der Waals surface area contributed by atoms with E-state index < -0.39 is 9.84 Å². The lowest BCUT2D eigenvalue weighted by Gasteiger charge is -2.11. The summed E-state index contributed by atoms with van der Waals surface area (Å²) >= 11 is 0. The zero-order valence-corrected chi connectivity index (χ0v) is 11.1. The van der Waals surface area contributed by atoms with Crippen LogP contribution in [0.4, 0.5) is 0 Å². The molecule has 0 saturated heterocycles. The van der Waals surface area contributed by atoms with Crippen LogP contribution in [0.1, 0.15) is 51.9 Å². The highest BCUT2D eigenvalue weighted by atomic mass is 32.2. The Morgan fingerprint density at radius 1 is 1.31 bits per heavy atom. The van der Waals surface area contributed by atoms with E-state index in [0.29, 0.717) is 17.4 Å². The van der Waals surface area contributed by atoms with Crippen LogP contribution in [0.2, 0.25) is 0 Å². The van der Waals surface area contributed by atoms with Crippen LogP contribution >= 0.6 is 0 Å². The smallest absolute Gasteiger partial charge is 0.150 e. The van der Waals surface area contributed by atoms with Gasteiger partial charge in [-0.2, -0.15) is 0 Å². The monoisotopic (exact) mass is 247 g/mol. The van der Waals surface area contributed by atoms with Crippen molar-refractivity contribution in [2.75, 3.05) is 11.5 Å². The molecule has 16 heavy (non-hydrogen) atoms. The fourth-order valence-corrected chi connectivity index (χ4v) is 4.21. The Labute approximate surface area is 99.7 Å². The molecule has 4 heteroatoms. The predicted molar refractivity (Wildman–Crippen MR) is 68.1 cm³/mol. The van der Waals surface area contributed by atoms with Gasteiger partial charge in [-0.3, -0.25) is 0 Å². The van der Waals surface area contributed by atoms with Crippen molar-refractivity contribution in [1.29, 1.82) is 0 Å². The van der Waals surface area contributed by atoms with Crippen molar-refractivity contribution in [3.8, 4) is 0 Å². The van der Waals surface area contributed by atoms with Gasteiger partial charge in [0.05, 0.1) is 11.5 Å². The van der Waals surface area contributed by atoms with Crippen molar-refractivity contribution in [2.45, 2.75) is 57.9 Å². The first-order valence-electron chi connectivity index (χ1n) is 6.49. The lowest BCUT2D eigenvalue weighted by atomic mass is 10.1. The molecule has 0 aliphatic heterocycles. The Morgan fingerprint density at radius 3 is 2.50 bits per heavy atom. The molecule has 0 spiro atoms. The second kappa shape index (κ2) is 6.60. The lowest BCUT2D eigenvalue weighted by molar-refractivity contribution is 0.547. The van der Waals surface area contributed by atoms with Gasteiger partial charge in [-0.1, -0.05) is 19.8 Å². The Morgan fingerprint density at radius 2 is 1.94 bits per heavy atom. The molecule has 1 saturated carbocycles. The van der Waals surface area contributed by atoms with E-state index in [2.05, 4.69) is 0 Å². The van der Waals surface area contributed by atoms with Crippen molar-refractivity contribution in [3.05, 3.63) is 0 Å². The number of nitrogens with two attached hydrogens (primary N) is 1. The molecule has 2 N–H and O–H groups in total. The molecule has 0 aromatic carbocycles. The number of rotatable bonds is 7. The summed E-state index contributed by atoms with van der Waals surface area (Å²) in [7, 11) is -2.82. The van der Waals surface area contributed by atoms with Crippen LogP contribution in [-0.2, 0) is 9.84 Å². The molecule has 0 aromatic heterocycles.